The summed E-state index contributed by atoms with van der Waals surface area (Å²) in [6, 6.07) is 3.69. The lowest BCUT2D eigenvalue weighted by Gasteiger charge is -2.64. The lowest BCUT2D eigenvalue weighted by atomic mass is 9.48. The van der Waals surface area contributed by atoms with Crippen LogP contribution in [0.1, 0.15) is 30.4 Å². The first-order valence-electron chi connectivity index (χ1n) is 16.7. The summed E-state index contributed by atoms with van der Waals surface area (Å²) in [5.74, 6) is 0.660. The zero-order valence-corrected chi connectivity index (χ0v) is 27.3. The molecular formula is C34H53NO11. The van der Waals surface area contributed by atoms with Crippen molar-refractivity contribution in [1.82, 2.24) is 4.90 Å². The van der Waals surface area contributed by atoms with Crippen LogP contribution < -0.4 is 4.74 Å². The second-order valence-corrected chi connectivity index (χ2v) is 12.3. The molecule has 1 aromatic carbocycles. The minimum absolute atomic E-state index is 0.0238. The molecule has 1 saturated carbocycles. The fourth-order valence-corrected chi connectivity index (χ4v) is 7.74. The highest BCUT2D eigenvalue weighted by Crippen LogP contribution is 2.65. The molecule has 1 spiro atoms. The molecule has 1 saturated heterocycles. The lowest BCUT2D eigenvalue weighted by Crippen LogP contribution is -2.77. The van der Waals surface area contributed by atoms with Crippen LogP contribution in [-0.2, 0) is 49.7 Å². The molecule has 2 unspecified atom stereocenters. The predicted molar refractivity (Wildman–Crippen MR) is 169 cm³/mol. The van der Waals surface area contributed by atoms with Crippen molar-refractivity contribution in [2.75, 3.05) is 113 Å². The number of aromatic hydroxyl groups is 1. The van der Waals surface area contributed by atoms with Gasteiger partial charge in [0.05, 0.1) is 110 Å². The Hall–Kier alpha value is -1.84. The van der Waals surface area contributed by atoms with Gasteiger partial charge in [0.15, 0.2) is 11.5 Å². The van der Waals surface area contributed by atoms with Crippen molar-refractivity contribution in [3.05, 3.63) is 35.9 Å². The Kier molecular flexibility index (Phi) is 13.5. The van der Waals surface area contributed by atoms with Gasteiger partial charge >= 0.3 is 0 Å². The number of ether oxygens (including phenoxy) is 9. The summed E-state index contributed by atoms with van der Waals surface area (Å²) in [5, 5.41) is 23.1. The van der Waals surface area contributed by atoms with E-state index in [2.05, 4.69) is 11.5 Å². The summed E-state index contributed by atoms with van der Waals surface area (Å²) in [7, 11) is 1.65. The van der Waals surface area contributed by atoms with E-state index in [9.17, 15) is 10.2 Å². The highest BCUT2D eigenvalue weighted by Gasteiger charge is 2.73. The highest BCUT2D eigenvalue weighted by molar-refractivity contribution is 5.62. The minimum atomic E-state index is -0.954. The van der Waals surface area contributed by atoms with E-state index in [0.717, 1.165) is 37.1 Å². The number of phenols is 1. The van der Waals surface area contributed by atoms with Crippen molar-refractivity contribution in [2.24, 2.45) is 0 Å². The van der Waals surface area contributed by atoms with Gasteiger partial charge in [0.25, 0.3) is 0 Å². The number of rotatable bonds is 24. The van der Waals surface area contributed by atoms with Crippen LogP contribution in [0.4, 0.5) is 0 Å². The third-order valence-corrected chi connectivity index (χ3v) is 9.73. The van der Waals surface area contributed by atoms with Gasteiger partial charge in [-0.15, -0.1) is 6.58 Å². The number of phenolic OH excluding ortho intramolecular Hbond substituents is 1. The van der Waals surface area contributed by atoms with E-state index in [-0.39, 0.29) is 24.0 Å². The number of likely N-dealkylation sites (tertiary alicyclic amines) is 1. The Morgan fingerprint density at radius 1 is 0.848 bits per heavy atom. The SMILES string of the molecule is C=CCN1CC[C@]23c4c5ccc(O)c4O[C@@H]2[C@@H](OCCOCCOCCOCCOCCOCCOCCOC)CCC3(O)C1C5. The topological polar surface area (TPSA) is 127 Å². The number of hydrogen-bond donors (Lipinski definition) is 2. The Balaban J connectivity index is 0.930. The molecule has 260 valence electrons. The Bertz CT molecular complexity index is 1090. The molecule has 12 nitrogen and oxygen atoms in total. The molecule has 2 fully saturated rings. The number of nitrogens with zero attached hydrogens (tertiary/aromatic N) is 1. The van der Waals surface area contributed by atoms with Crippen LogP contribution in [0.5, 0.6) is 11.5 Å². The van der Waals surface area contributed by atoms with Crippen LogP contribution in [0.25, 0.3) is 0 Å². The molecule has 2 aliphatic heterocycles. The fraction of sp³-hybridized carbons (Fsp3) is 0.765. The molecular weight excluding hydrogens is 598 g/mol. The Morgan fingerprint density at radius 2 is 1.41 bits per heavy atom. The van der Waals surface area contributed by atoms with Crippen molar-refractivity contribution in [3.63, 3.8) is 0 Å². The van der Waals surface area contributed by atoms with Gasteiger partial charge in [0.2, 0.25) is 0 Å². The van der Waals surface area contributed by atoms with E-state index in [1.54, 1.807) is 13.2 Å². The molecule has 2 N–H and O–H groups in total. The molecule has 5 rings (SSSR count). The molecule has 0 amide bonds. The van der Waals surface area contributed by atoms with E-state index in [1.165, 1.54) is 0 Å². The second-order valence-electron chi connectivity index (χ2n) is 12.3. The number of methoxy groups -OCH3 is 1. The maximum atomic E-state index is 12.4. The molecule has 1 aromatic rings. The van der Waals surface area contributed by atoms with Gasteiger partial charge in [-0.3, -0.25) is 4.90 Å². The van der Waals surface area contributed by atoms with Crippen molar-refractivity contribution in [2.45, 2.75) is 54.9 Å². The zero-order chi connectivity index (χ0) is 32.2. The molecule has 4 aliphatic rings. The van der Waals surface area contributed by atoms with Crippen molar-refractivity contribution < 1.29 is 52.8 Å². The second kappa shape index (κ2) is 17.5. The first-order valence-corrected chi connectivity index (χ1v) is 16.7. The number of aliphatic hydroxyl groups is 1. The lowest BCUT2D eigenvalue weighted by molar-refractivity contribution is -0.215. The van der Waals surface area contributed by atoms with Gasteiger partial charge in [-0.1, -0.05) is 12.1 Å². The van der Waals surface area contributed by atoms with Crippen LogP contribution >= 0.6 is 0 Å². The quantitative estimate of drug-likeness (QED) is 0.125. The van der Waals surface area contributed by atoms with Crippen molar-refractivity contribution in [3.8, 4) is 11.5 Å². The Morgan fingerprint density at radius 3 is 1.98 bits per heavy atom. The minimum Gasteiger partial charge on any atom is -0.504 e. The highest BCUT2D eigenvalue weighted by atomic mass is 16.6. The summed E-state index contributed by atoms with van der Waals surface area (Å²) >= 11 is 0. The molecule has 5 atom stereocenters. The number of hydrogen-bond acceptors (Lipinski definition) is 12. The van der Waals surface area contributed by atoms with Gasteiger partial charge in [0, 0.05) is 25.3 Å². The summed E-state index contributed by atoms with van der Waals surface area (Å²) < 4.78 is 50.9. The zero-order valence-electron chi connectivity index (χ0n) is 27.3. The van der Waals surface area contributed by atoms with Gasteiger partial charge in [0.1, 0.15) is 6.10 Å². The number of piperidine rings is 1. The molecule has 0 aromatic heterocycles. The average Bonchev–Trinajstić information content (AvgIpc) is 3.41. The van der Waals surface area contributed by atoms with Crippen LogP contribution in [0.2, 0.25) is 0 Å². The van der Waals surface area contributed by atoms with Crippen LogP contribution in [-0.4, -0.2) is 152 Å². The molecule has 2 heterocycles. The van der Waals surface area contributed by atoms with Crippen molar-refractivity contribution >= 4 is 0 Å². The standard InChI is InChI=1S/C34H53NO11/c1-3-9-35-10-8-33-30-26-4-5-27(36)31(30)46-32(33)28(6-7-34(33,37)29(35)25-26)45-24-23-44-22-21-43-20-19-42-18-17-41-16-15-40-14-13-39-12-11-38-2/h3-5,28-29,32,36-37H,1,6-25H2,2H3/t28-,29?,32+,33-,34?/m0/s1. The average molecular weight is 652 g/mol. The molecule has 46 heavy (non-hydrogen) atoms. The predicted octanol–water partition coefficient (Wildman–Crippen LogP) is 1.86. The first kappa shape index (κ1) is 35.5. The summed E-state index contributed by atoms with van der Waals surface area (Å²) in [6.45, 7) is 12.6. The van der Waals surface area contributed by atoms with Gasteiger partial charge in [-0.05, 0) is 43.9 Å². The monoisotopic (exact) mass is 651 g/mol. The van der Waals surface area contributed by atoms with E-state index < -0.39 is 11.0 Å². The normalized spacial score (nSPS) is 27.8. The molecule has 12 heteroatoms. The first-order chi connectivity index (χ1) is 22.6. The third kappa shape index (κ3) is 7.72. The fourth-order valence-electron chi connectivity index (χ4n) is 7.74. The van der Waals surface area contributed by atoms with E-state index >= 15 is 0 Å². The van der Waals surface area contributed by atoms with E-state index in [1.807, 2.05) is 12.1 Å². The largest absolute Gasteiger partial charge is 0.504 e. The molecule has 2 aliphatic carbocycles. The Labute approximate surface area is 272 Å². The third-order valence-electron chi connectivity index (χ3n) is 9.73. The summed E-state index contributed by atoms with van der Waals surface area (Å²) in [4.78, 5) is 2.35. The summed E-state index contributed by atoms with van der Waals surface area (Å²) in [6.07, 6.45) is 4.12. The van der Waals surface area contributed by atoms with Crippen LogP contribution in [0, 0.1) is 0 Å². The van der Waals surface area contributed by atoms with Gasteiger partial charge in [-0.25, -0.2) is 0 Å². The van der Waals surface area contributed by atoms with E-state index in [4.69, 9.17) is 42.6 Å². The molecule has 2 bridgehead atoms. The summed E-state index contributed by atoms with van der Waals surface area (Å²) in [5.41, 5.74) is 0.592. The van der Waals surface area contributed by atoms with Crippen molar-refractivity contribution in [1.29, 1.82) is 0 Å². The smallest absolute Gasteiger partial charge is 0.165 e. The van der Waals surface area contributed by atoms with Crippen LogP contribution in [0.3, 0.4) is 0 Å². The van der Waals surface area contributed by atoms with E-state index in [0.29, 0.717) is 111 Å². The van der Waals surface area contributed by atoms with Crippen LogP contribution in [0.15, 0.2) is 24.8 Å². The van der Waals surface area contributed by atoms with Gasteiger partial charge in [-0.2, -0.15) is 0 Å². The number of benzene rings is 1. The maximum absolute atomic E-state index is 12.4. The molecule has 0 radical (unpaired) electrons. The maximum Gasteiger partial charge on any atom is 0.165 e. The van der Waals surface area contributed by atoms with Gasteiger partial charge < -0.3 is 52.8 Å².